The molecular formula is C12H15N3O5. The third-order valence-corrected chi connectivity index (χ3v) is 2.49. The zero-order valence-corrected chi connectivity index (χ0v) is 10.8. The predicted octanol–water partition coefficient (Wildman–Crippen LogP) is -0.461. The zero-order valence-electron chi connectivity index (χ0n) is 10.8. The lowest BCUT2D eigenvalue weighted by molar-refractivity contribution is -0.139. The Hall–Kier alpha value is -2.64. The first kappa shape index (κ1) is 15.4. The van der Waals surface area contributed by atoms with Crippen molar-refractivity contribution in [3.05, 3.63) is 23.9 Å². The van der Waals surface area contributed by atoms with E-state index in [1.54, 1.807) is 0 Å². The molecule has 0 aliphatic heterocycles. The van der Waals surface area contributed by atoms with Crippen molar-refractivity contribution in [2.45, 2.75) is 18.9 Å². The molecule has 20 heavy (non-hydrogen) atoms. The SMILES string of the molecule is COc1ccc(C(=O)N[C@@H](CCC(N)=O)C(=O)O)cn1. The highest BCUT2D eigenvalue weighted by atomic mass is 16.5. The van der Waals surface area contributed by atoms with E-state index in [-0.39, 0.29) is 18.4 Å². The molecule has 8 nitrogen and oxygen atoms in total. The van der Waals surface area contributed by atoms with Gasteiger partial charge in [-0.2, -0.15) is 0 Å². The fourth-order valence-electron chi connectivity index (χ4n) is 1.42. The highest BCUT2D eigenvalue weighted by Crippen LogP contribution is 2.07. The number of aromatic nitrogens is 1. The summed E-state index contributed by atoms with van der Waals surface area (Å²) in [6, 6.07) is 1.75. The van der Waals surface area contributed by atoms with Crippen molar-refractivity contribution >= 4 is 17.8 Å². The van der Waals surface area contributed by atoms with Gasteiger partial charge in [-0.3, -0.25) is 9.59 Å². The Morgan fingerprint density at radius 3 is 2.60 bits per heavy atom. The molecule has 0 aliphatic carbocycles. The Morgan fingerprint density at radius 2 is 2.15 bits per heavy atom. The number of pyridine rings is 1. The number of rotatable bonds is 7. The van der Waals surface area contributed by atoms with Gasteiger partial charge >= 0.3 is 5.97 Å². The molecule has 0 spiro atoms. The number of hydrogen-bond donors (Lipinski definition) is 3. The van der Waals surface area contributed by atoms with Gasteiger partial charge in [-0.15, -0.1) is 0 Å². The molecule has 1 aromatic rings. The van der Waals surface area contributed by atoms with E-state index in [2.05, 4.69) is 10.3 Å². The maximum absolute atomic E-state index is 11.8. The second-order valence-electron chi connectivity index (χ2n) is 3.96. The van der Waals surface area contributed by atoms with Crippen molar-refractivity contribution in [2.24, 2.45) is 5.73 Å². The van der Waals surface area contributed by atoms with Crippen LogP contribution in [0.15, 0.2) is 18.3 Å². The molecule has 1 atom stereocenters. The highest BCUT2D eigenvalue weighted by Gasteiger charge is 2.21. The topological polar surface area (TPSA) is 132 Å². The van der Waals surface area contributed by atoms with Crippen LogP contribution in [0.3, 0.4) is 0 Å². The van der Waals surface area contributed by atoms with E-state index < -0.39 is 23.8 Å². The van der Waals surface area contributed by atoms with Crippen LogP contribution in [0.5, 0.6) is 5.88 Å². The fourth-order valence-corrected chi connectivity index (χ4v) is 1.42. The number of carboxylic acids is 1. The van der Waals surface area contributed by atoms with E-state index >= 15 is 0 Å². The summed E-state index contributed by atoms with van der Waals surface area (Å²) < 4.78 is 4.84. The van der Waals surface area contributed by atoms with E-state index in [1.807, 2.05) is 0 Å². The Labute approximate surface area is 114 Å². The smallest absolute Gasteiger partial charge is 0.326 e. The molecule has 2 amide bonds. The summed E-state index contributed by atoms with van der Waals surface area (Å²) >= 11 is 0. The van der Waals surface area contributed by atoms with Gasteiger partial charge < -0.3 is 20.9 Å². The number of aliphatic carboxylic acids is 1. The molecule has 8 heteroatoms. The molecule has 0 radical (unpaired) electrons. The van der Waals surface area contributed by atoms with Crippen LogP contribution in [-0.4, -0.2) is 41.0 Å². The van der Waals surface area contributed by atoms with Crippen LogP contribution >= 0.6 is 0 Å². The largest absolute Gasteiger partial charge is 0.481 e. The molecule has 0 aliphatic rings. The second kappa shape index (κ2) is 7.07. The molecule has 0 fully saturated rings. The van der Waals surface area contributed by atoms with E-state index in [1.165, 1.54) is 25.4 Å². The average Bonchev–Trinajstić information content (AvgIpc) is 2.42. The first-order valence-corrected chi connectivity index (χ1v) is 5.76. The molecule has 0 saturated carbocycles. The highest BCUT2D eigenvalue weighted by molar-refractivity contribution is 5.96. The third kappa shape index (κ3) is 4.56. The summed E-state index contributed by atoms with van der Waals surface area (Å²) in [7, 11) is 1.44. The summed E-state index contributed by atoms with van der Waals surface area (Å²) in [4.78, 5) is 37.3. The molecule has 1 rings (SSSR count). The number of carboxylic acid groups (broad SMARTS) is 1. The number of nitrogens with two attached hydrogens (primary N) is 1. The van der Waals surface area contributed by atoms with Crippen molar-refractivity contribution in [1.82, 2.24) is 10.3 Å². The van der Waals surface area contributed by atoms with E-state index in [9.17, 15) is 14.4 Å². The van der Waals surface area contributed by atoms with Crippen LogP contribution in [0, 0.1) is 0 Å². The molecule has 1 heterocycles. The Morgan fingerprint density at radius 1 is 1.45 bits per heavy atom. The fraction of sp³-hybridized carbons (Fsp3) is 0.333. The van der Waals surface area contributed by atoms with Gasteiger partial charge in [0.15, 0.2) is 0 Å². The molecule has 108 valence electrons. The predicted molar refractivity (Wildman–Crippen MR) is 68.1 cm³/mol. The lowest BCUT2D eigenvalue weighted by Crippen LogP contribution is -2.41. The maximum atomic E-state index is 11.8. The molecular weight excluding hydrogens is 266 g/mol. The molecule has 0 aromatic carbocycles. The minimum absolute atomic E-state index is 0.0695. The van der Waals surface area contributed by atoms with Crippen molar-refractivity contribution < 1.29 is 24.2 Å². The van der Waals surface area contributed by atoms with Crippen molar-refractivity contribution in [3.8, 4) is 5.88 Å². The monoisotopic (exact) mass is 281 g/mol. The summed E-state index contributed by atoms with van der Waals surface area (Å²) in [5.41, 5.74) is 5.14. The Kier molecular flexibility index (Phi) is 5.45. The molecule has 0 saturated heterocycles. The third-order valence-electron chi connectivity index (χ3n) is 2.49. The van der Waals surface area contributed by atoms with Crippen LogP contribution in [0.1, 0.15) is 23.2 Å². The normalized spacial score (nSPS) is 11.4. The van der Waals surface area contributed by atoms with Gasteiger partial charge in [0.2, 0.25) is 11.8 Å². The molecule has 1 aromatic heterocycles. The standard InChI is InChI=1S/C12H15N3O5/c1-20-10-5-2-7(6-14-10)11(17)15-8(12(18)19)3-4-9(13)16/h2,5-6,8H,3-4H2,1H3,(H2,13,16)(H,15,17)(H,18,19)/t8-/m0/s1. The van der Waals surface area contributed by atoms with Gasteiger partial charge in [-0.1, -0.05) is 0 Å². The number of carbonyl (C=O) groups is 3. The quantitative estimate of drug-likeness (QED) is 0.619. The number of hydrogen-bond acceptors (Lipinski definition) is 5. The minimum Gasteiger partial charge on any atom is -0.481 e. The first-order valence-electron chi connectivity index (χ1n) is 5.76. The Balaban J connectivity index is 2.69. The van der Waals surface area contributed by atoms with Crippen LogP contribution in [0.4, 0.5) is 0 Å². The van der Waals surface area contributed by atoms with Gasteiger partial charge in [-0.25, -0.2) is 9.78 Å². The second-order valence-corrected chi connectivity index (χ2v) is 3.96. The van der Waals surface area contributed by atoms with E-state index in [0.29, 0.717) is 5.88 Å². The number of ether oxygens (including phenoxy) is 1. The minimum atomic E-state index is -1.24. The average molecular weight is 281 g/mol. The number of primary amides is 1. The maximum Gasteiger partial charge on any atom is 0.326 e. The number of amides is 2. The van der Waals surface area contributed by atoms with Crippen LogP contribution in [-0.2, 0) is 9.59 Å². The van der Waals surface area contributed by atoms with E-state index in [4.69, 9.17) is 15.6 Å². The molecule has 4 N–H and O–H groups in total. The van der Waals surface area contributed by atoms with Crippen molar-refractivity contribution in [2.75, 3.05) is 7.11 Å². The number of methoxy groups -OCH3 is 1. The van der Waals surface area contributed by atoms with Crippen molar-refractivity contribution in [1.29, 1.82) is 0 Å². The number of nitrogens with zero attached hydrogens (tertiary/aromatic N) is 1. The first-order chi connectivity index (χ1) is 9.43. The van der Waals surface area contributed by atoms with E-state index in [0.717, 1.165) is 0 Å². The molecule has 0 bridgehead atoms. The molecule has 0 unspecified atom stereocenters. The van der Waals surface area contributed by atoms with Crippen molar-refractivity contribution in [3.63, 3.8) is 0 Å². The van der Waals surface area contributed by atoms with Gasteiger partial charge in [0.25, 0.3) is 5.91 Å². The summed E-state index contributed by atoms with van der Waals surface area (Å²) in [6.07, 6.45) is 1.07. The van der Waals surface area contributed by atoms with Gasteiger partial charge in [-0.05, 0) is 12.5 Å². The summed E-state index contributed by atoms with van der Waals surface area (Å²) in [6.45, 7) is 0. The van der Waals surface area contributed by atoms with Gasteiger partial charge in [0.1, 0.15) is 6.04 Å². The lowest BCUT2D eigenvalue weighted by Gasteiger charge is -2.13. The number of carbonyl (C=O) groups excluding carboxylic acids is 2. The zero-order chi connectivity index (χ0) is 15.1. The van der Waals surface area contributed by atoms with Crippen LogP contribution in [0.25, 0.3) is 0 Å². The summed E-state index contributed by atoms with van der Waals surface area (Å²) in [5, 5.41) is 11.3. The van der Waals surface area contributed by atoms with Gasteiger partial charge in [0, 0.05) is 18.7 Å². The summed E-state index contributed by atoms with van der Waals surface area (Å²) in [5.74, 6) is -2.13. The number of nitrogens with one attached hydrogen (secondary N) is 1. The van der Waals surface area contributed by atoms with Gasteiger partial charge in [0.05, 0.1) is 12.7 Å². The van der Waals surface area contributed by atoms with Crippen LogP contribution in [0.2, 0.25) is 0 Å². The lowest BCUT2D eigenvalue weighted by atomic mass is 10.1. The Bertz CT molecular complexity index is 500. The van der Waals surface area contributed by atoms with Crippen LogP contribution < -0.4 is 15.8 Å².